The number of hydrogen-bond acceptors (Lipinski definition) is 3. The van der Waals surface area contributed by atoms with Crippen LogP contribution < -0.4 is 5.32 Å². The summed E-state index contributed by atoms with van der Waals surface area (Å²) in [6.07, 6.45) is 4.79. The van der Waals surface area contributed by atoms with Gasteiger partial charge in [-0.15, -0.1) is 12.4 Å². The Labute approximate surface area is 102 Å². The van der Waals surface area contributed by atoms with Crippen LogP contribution in [0.3, 0.4) is 0 Å². The van der Waals surface area contributed by atoms with Gasteiger partial charge in [-0.2, -0.15) is 0 Å². The van der Waals surface area contributed by atoms with Crippen molar-refractivity contribution in [2.75, 3.05) is 19.7 Å². The Bertz CT molecular complexity index is 271. The molecular weight excluding hydrogens is 228 g/mol. The summed E-state index contributed by atoms with van der Waals surface area (Å²) in [6.45, 7) is 2.51. The molecule has 0 aromatic carbocycles. The standard InChI is InChI=1S/C11H18N2O2.ClH/c14-11(8-4-5-12-8)13-6-7-15-10-3-1-2-9(10)13;/h8-10,12H,1-7H2;1H/t8-,9?,10?;/m1./s1. The zero-order chi connectivity index (χ0) is 10.3. The number of fused-ring (bicyclic) bond motifs is 1. The van der Waals surface area contributed by atoms with Crippen molar-refractivity contribution in [2.45, 2.75) is 43.9 Å². The van der Waals surface area contributed by atoms with E-state index >= 15 is 0 Å². The Balaban J connectivity index is 0.000000963. The lowest BCUT2D eigenvalue weighted by Gasteiger charge is -2.41. The number of hydrogen-bond donors (Lipinski definition) is 1. The van der Waals surface area contributed by atoms with Gasteiger partial charge < -0.3 is 15.0 Å². The van der Waals surface area contributed by atoms with Gasteiger partial charge in [-0.25, -0.2) is 0 Å². The van der Waals surface area contributed by atoms with Crippen LogP contribution in [0.25, 0.3) is 0 Å². The molecular formula is C11H19ClN2O2. The van der Waals surface area contributed by atoms with E-state index < -0.39 is 0 Å². The summed E-state index contributed by atoms with van der Waals surface area (Å²) in [6, 6.07) is 0.470. The summed E-state index contributed by atoms with van der Waals surface area (Å²) >= 11 is 0. The lowest BCUT2D eigenvalue weighted by molar-refractivity contribution is -0.147. The summed E-state index contributed by atoms with van der Waals surface area (Å²) in [5.41, 5.74) is 0. The molecule has 0 radical (unpaired) electrons. The van der Waals surface area contributed by atoms with Gasteiger partial charge in [0, 0.05) is 6.54 Å². The van der Waals surface area contributed by atoms with Crippen molar-refractivity contribution in [3.8, 4) is 0 Å². The molecule has 4 nitrogen and oxygen atoms in total. The third-order valence-electron chi connectivity index (χ3n) is 3.89. The topological polar surface area (TPSA) is 41.6 Å². The molecule has 1 amide bonds. The van der Waals surface area contributed by atoms with E-state index in [4.69, 9.17) is 4.74 Å². The smallest absolute Gasteiger partial charge is 0.240 e. The van der Waals surface area contributed by atoms with Crippen LogP contribution in [-0.4, -0.2) is 48.7 Å². The van der Waals surface area contributed by atoms with E-state index in [1.807, 2.05) is 0 Å². The Morgan fingerprint density at radius 2 is 2.12 bits per heavy atom. The van der Waals surface area contributed by atoms with Crippen LogP contribution >= 0.6 is 12.4 Å². The highest BCUT2D eigenvalue weighted by atomic mass is 35.5. The summed E-state index contributed by atoms with van der Waals surface area (Å²) in [5, 5.41) is 3.19. The fourth-order valence-corrected chi connectivity index (χ4v) is 2.90. The Morgan fingerprint density at radius 3 is 2.81 bits per heavy atom. The Hall–Kier alpha value is -0.320. The second kappa shape index (κ2) is 4.90. The average Bonchev–Trinajstić information content (AvgIpc) is 2.61. The molecule has 1 N–H and O–H groups in total. The molecule has 3 aliphatic rings. The van der Waals surface area contributed by atoms with Crippen LogP contribution in [0, 0.1) is 0 Å². The SMILES string of the molecule is Cl.O=C([C@H]1CCN1)N1CCOC2CCCC21. The first-order valence-corrected chi connectivity index (χ1v) is 6.02. The molecule has 1 aliphatic carbocycles. The molecule has 0 spiro atoms. The number of carbonyl (C=O) groups is 1. The lowest BCUT2D eigenvalue weighted by Crippen LogP contribution is -2.60. The van der Waals surface area contributed by atoms with E-state index in [9.17, 15) is 4.79 Å². The fourth-order valence-electron chi connectivity index (χ4n) is 2.90. The van der Waals surface area contributed by atoms with Crippen molar-refractivity contribution in [1.29, 1.82) is 0 Å². The van der Waals surface area contributed by atoms with Crippen LogP contribution in [0.15, 0.2) is 0 Å². The maximum absolute atomic E-state index is 12.1. The Kier molecular flexibility index (Phi) is 3.72. The van der Waals surface area contributed by atoms with E-state index in [2.05, 4.69) is 10.2 Å². The third kappa shape index (κ3) is 1.94. The van der Waals surface area contributed by atoms with Gasteiger partial charge in [0.15, 0.2) is 0 Å². The summed E-state index contributed by atoms with van der Waals surface area (Å²) in [7, 11) is 0. The van der Waals surface area contributed by atoms with Crippen molar-refractivity contribution in [2.24, 2.45) is 0 Å². The van der Waals surface area contributed by atoms with Crippen LogP contribution in [-0.2, 0) is 9.53 Å². The highest BCUT2D eigenvalue weighted by Crippen LogP contribution is 2.30. The monoisotopic (exact) mass is 246 g/mol. The quantitative estimate of drug-likeness (QED) is 0.735. The average molecular weight is 247 g/mol. The van der Waals surface area contributed by atoms with Gasteiger partial charge >= 0.3 is 0 Å². The van der Waals surface area contributed by atoms with Crippen molar-refractivity contribution >= 4 is 18.3 Å². The second-order valence-corrected chi connectivity index (χ2v) is 4.73. The molecule has 5 heteroatoms. The van der Waals surface area contributed by atoms with Gasteiger partial charge in [0.2, 0.25) is 5.91 Å². The third-order valence-corrected chi connectivity index (χ3v) is 3.89. The molecule has 2 aliphatic heterocycles. The highest BCUT2D eigenvalue weighted by molar-refractivity contribution is 5.85. The minimum Gasteiger partial charge on any atom is -0.374 e. The zero-order valence-electron chi connectivity index (χ0n) is 9.35. The number of carbonyl (C=O) groups excluding carboxylic acids is 1. The predicted octanol–water partition coefficient (Wildman–Crippen LogP) is 0.550. The van der Waals surface area contributed by atoms with Crippen LogP contribution in [0.1, 0.15) is 25.7 Å². The molecule has 0 aromatic heterocycles. The molecule has 0 bridgehead atoms. The van der Waals surface area contributed by atoms with E-state index in [1.165, 1.54) is 6.42 Å². The molecule has 2 unspecified atom stereocenters. The first kappa shape index (κ1) is 12.1. The predicted molar refractivity (Wildman–Crippen MR) is 62.7 cm³/mol. The lowest BCUT2D eigenvalue weighted by atomic mass is 10.0. The molecule has 3 fully saturated rings. The first-order chi connectivity index (χ1) is 7.36. The van der Waals surface area contributed by atoms with E-state index in [1.54, 1.807) is 0 Å². The molecule has 2 heterocycles. The van der Waals surface area contributed by atoms with Gasteiger partial charge in [-0.1, -0.05) is 0 Å². The van der Waals surface area contributed by atoms with E-state index in [-0.39, 0.29) is 18.4 Å². The van der Waals surface area contributed by atoms with Crippen molar-refractivity contribution in [3.05, 3.63) is 0 Å². The maximum atomic E-state index is 12.1. The number of ether oxygens (including phenoxy) is 1. The van der Waals surface area contributed by atoms with Gasteiger partial charge in [-0.3, -0.25) is 4.79 Å². The Morgan fingerprint density at radius 1 is 1.31 bits per heavy atom. The molecule has 3 rings (SSSR count). The summed E-state index contributed by atoms with van der Waals surface area (Å²) < 4.78 is 5.70. The maximum Gasteiger partial charge on any atom is 0.240 e. The van der Waals surface area contributed by atoms with Gasteiger partial charge in [-0.05, 0) is 32.2 Å². The fraction of sp³-hybridized carbons (Fsp3) is 0.909. The van der Waals surface area contributed by atoms with Gasteiger partial charge in [0.1, 0.15) is 0 Å². The molecule has 0 aromatic rings. The summed E-state index contributed by atoms with van der Waals surface area (Å²) in [4.78, 5) is 14.2. The minimum absolute atomic E-state index is 0. The molecule has 3 atom stereocenters. The molecule has 1 saturated carbocycles. The number of nitrogens with one attached hydrogen (secondary N) is 1. The number of morpholine rings is 1. The van der Waals surface area contributed by atoms with Crippen LogP contribution in [0.5, 0.6) is 0 Å². The molecule has 2 saturated heterocycles. The first-order valence-electron chi connectivity index (χ1n) is 6.02. The van der Waals surface area contributed by atoms with Crippen molar-refractivity contribution in [1.82, 2.24) is 10.2 Å². The molecule has 16 heavy (non-hydrogen) atoms. The van der Waals surface area contributed by atoms with Crippen LogP contribution in [0.4, 0.5) is 0 Å². The normalized spacial score (nSPS) is 37.2. The summed E-state index contributed by atoms with van der Waals surface area (Å²) in [5.74, 6) is 0.307. The van der Waals surface area contributed by atoms with Gasteiger partial charge in [0.05, 0.1) is 24.8 Å². The van der Waals surface area contributed by atoms with E-state index in [0.717, 1.165) is 39.0 Å². The van der Waals surface area contributed by atoms with Crippen molar-refractivity contribution in [3.63, 3.8) is 0 Å². The van der Waals surface area contributed by atoms with E-state index in [0.29, 0.717) is 18.1 Å². The number of amides is 1. The minimum atomic E-state index is 0. The van der Waals surface area contributed by atoms with Crippen molar-refractivity contribution < 1.29 is 9.53 Å². The highest BCUT2D eigenvalue weighted by Gasteiger charge is 2.41. The second-order valence-electron chi connectivity index (χ2n) is 4.73. The molecule has 92 valence electrons. The largest absolute Gasteiger partial charge is 0.374 e. The zero-order valence-corrected chi connectivity index (χ0v) is 10.2. The number of rotatable bonds is 1. The number of halogens is 1. The van der Waals surface area contributed by atoms with Gasteiger partial charge in [0.25, 0.3) is 0 Å². The number of nitrogens with zero attached hydrogens (tertiary/aromatic N) is 1. The van der Waals surface area contributed by atoms with Crippen LogP contribution in [0.2, 0.25) is 0 Å².